The van der Waals surface area contributed by atoms with Gasteiger partial charge in [-0.25, -0.2) is 4.99 Å². The molecule has 0 bridgehead atoms. The maximum Gasteiger partial charge on any atom is 0.197 e. The lowest BCUT2D eigenvalue weighted by atomic mass is 9.93. The molecule has 5 heteroatoms. The van der Waals surface area contributed by atoms with Gasteiger partial charge >= 0.3 is 0 Å². The van der Waals surface area contributed by atoms with Crippen LogP contribution in [0.2, 0.25) is 0 Å². The second-order valence-corrected chi connectivity index (χ2v) is 4.51. The van der Waals surface area contributed by atoms with E-state index in [1.54, 1.807) is 24.4 Å². The molecule has 0 saturated carbocycles. The molecule has 94 valence electrons. The van der Waals surface area contributed by atoms with E-state index in [4.69, 9.17) is 17.3 Å². The maximum absolute atomic E-state index is 10.2. The standard InChI is InChI=1S/C14H10ClN3O/c15-6-5-14(19)4-3-11-9(7-14)1-2-10-8-17-13(16)18-12(10)11/h1-4,7-8,19H,(H3,16,17,18). The highest BCUT2D eigenvalue weighted by molar-refractivity contribution is 6.30. The number of benzene rings is 1. The number of anilines is 1. The van der Waals surface area contributed by atoms with Crippen LogP contribution in [0.3, 0.4) is 0 Å². The minimum atomic E-state index is -1.33. The van der Waals surface area contributed by atoms with Crippen molar-refractivity contribution in [2.45, 2.75) is 5.60 Å². The molecular weight excluding hydrogens is 262 g/mol. The van der Waals surface area contributed by atoms with Crippen molar-refractivity contribution in [2.75, 3.05) is 5.32 Å². The van der Waals surface area contributed by atoms with E-state index in [2.05, 4.69) is 21.6 Å². The van der Waals surface area contributed by atoms with Crippen LogP contribution in [-0.4, -0.2) is 16.7 Å². The first-order valence-corrected chi connectivity index (χ1v) is 6.00. The summed E-state index contributed by atoms with van der Waals surface area (Å²) in [6.07, 6.45) is 6.75. The van der Waals surface area contributed by atoms with Crippen LogP contribution in [0.25, 0.3) is 18.4 Å². The third-order valence-electron chi connectivity index (χ3n) is 3.03. The lowest BCUT2D eigenvalue weighted by Gasteiger charge is -2.20. The van der Waals surface area contributed by atoms with Crippen molar-refractivity contribution in [1.82, 2.24) is 0 Å². The van der Waals surface area contributed by atoms with E-state index in [1.807, 2.05) is 12.1 Å². The van der Waals surface area contributed by atoms with Gasteiger partial charge in [-0.2, -0.15) is 0 Å². The van der Waals surface area contributed by atoms with Crippen molar-refractivity contribution in [3.63, 3.8) is 0 Å². The number of fused-ring (bicyclic) bond motifs is 3. The Kier molecular flexibility index (Phi) is 2.59. The van der Waals surface area contributed by atoms with Gasteiger partial charge in [-0.05, 0) is 34.9 Å². The zero-order chi connectivity index (χ0) is 13.5. The van der Waals surface area contributed by atoms with Gasteiger partial charge in [-0.3, -0.25) is 0 Å². The Morgan fingerprint density at radius 2 is 2.16 bits per heavy atom. The van der Waals surface area contributed by atoms with Crippen molar-refractivity contribution >= 4 is 41.6 Å². The number of aliphatic imine (C=N–C) groups is 1. The number of nitrogens with zero attached hydrogens (tertiary/aromatic N) is 1. The molecule has 1 atom stereocenters. The number of hydrogen-bond acceptors (Lipinski definition) is 4. The van der Waals surface area contributed by atoms with Crippen molar-refractivity contribution < 1.29 is 5.11 Å². The second kappa shape index (κ2) is 4.16. The van der Waals surface area contributed by atoms with Gasteiger partial charge in [0, 0.05) is 22.4 Å². The number of nitrogens with two attached hydrogens (primary N) is 1. The Bertz CT molecular complexity index is 798. The Balaban J connectivity index is 2.25. The Morgan fingerprint density at radius 1 is 1.37 bits per heavy atom. The maximum atomic E-state index is 10.2. The number of hydrogen-bond donors (Lipinski definition) is 3. The molecule has 0 aromatic heterocycles. The van der Waals surface area contributed by atoms with Crippen LogP contribution in [-0.2, 0) is 0 Å². The van der Waals surface area contributed by atoms with Gasteiger partial charge in [0.2, 0.25) is 0 Å². The molecule has 1 unspecified atom stereocenters. The highest BCUT2D eigenvalue weighted by atomic mass is 35.5. The van der Waals surface area contributed by atoms with E-state index in [0.29, 0.717) is 5.96 Å². The van der Waals surface area contributed by atoms with Crippen molar-refractivity contribution in [1.29, 1.82) is 0 Å². The molecule has 1 aromatic carbocycles. The van der Waals surface area contributed by atoms with E-state index in [0.717, 1.165) is 21.7 Å². The summed E-state index contributed by atoms with van der Waals surface area (Å²) in [5, 5.41) is 17.2. The number of halogens is 1. The van der Waals surface area contributed by atoms with Crippen LogP contribution in [0.15, 0.2) is 23.2 Å². The molecule has 2 aliphatic rings. The summed E-state index contributed by atoms with van der Waals surface area (Å²) in [6, 6.07) is 3.80. The fourth-order valence-corrected chi connectivity index (χ4v) is 2.30. The van der Waals surface area contributed by atoms with Crippen LogP contribution >= 0.6 is 11.6 Å². The topological polar surface area (TPSA) is 70.6 Å². The van der Waals surface area contributed by atoms with Gasteiger partial charge in [0.1, 0.15) is 0 Å². The first-order chi connectivity index (χ1) is 9.11. The van der Waals surface area contributed by atoms with Gasteiger partial charge in [-0.1, -0.05) is 18.2 Å². The predicted molar refractivity (Wildman–Crippen MR) is 77.5 cm³/mol. The summed E-state index contributed by atoms with van der Waals surface area (Å²) in [5.74, 6) is 2.89. The monoisotopic (exact) mass is 271 g/mol. The van der Waals surface area contributed by atoms with Crippen LogP contribution in [0.1, 0.15) is 5.56 Å². The van der Waals surface area contributed by atoms with Crippen molar-refractivity contribution in [2.24, 2.45) is 10.7 Å². The van der Waals surface area contributed by atoms with Crippen molar-refractivity contribution in [3.05, 3.63) is 34.2 Å². The second-order valence-electron chi connectivity index (χ2n) is 4.32. The number of nitrogens with one attached hydrogen (secondary N) is 1. The molecule has 1 aliphatic heterocycles. The molecule has 19 heavy (non-hydrogen) atoms. The highest BCUT2D eigenvalue weighted by Crippen LogP contribution is 2.19. The van der Waals surface area contributed by atoms with E-state index < -0.39 is 5.60 Å². The lowest BCUT2D eigenvalue weighted by molar-refractivity contribution is 0.220. The first-order valence-electron chi connectivity index (χ1n) is 5.62. The quantitative estimate of drug-likeness (QED) is 0.577. The minimum Gasteiger partial charge on any atom is -0.370 e. The largest absolute Gasteiger partial charge is 0.370 e. The predicted octanol–water partition coefficient (Wildman–Crippen LogP) is -0.0971. The molecule has 0 spiro atoms. The molecule has 4 N–H and O–H groups in total. The van der Waals surface area contributed by atoms with E-state index in [1.165, 1.54) is 0 Å². The van der Waals surface area contributed by atoms with Gasteiger partial charge in [0.05, 0.1) is 5.69 Å². The zero-order valence-electron chi connectivity index (χ0n) is 9.81. The molecule has 1 aliphatic carbocycles. The van der Waals surface area contributed by atoms with Crippen LogP contribution in [0.5, 0.6) is 0 Å². The molecule has 1 aromatic rings. The minimum absolute atomic E-state index is 0.343. The molecule has 0 amide bonds. The lowest BCUT2D eigenvalue weighted by Crippen LogP contribution is -2.34. The summed E-state index contributed by atoms with van der Waals surface area (Å²) in [6.45, 7) is 0. The summed E-state index contributed by atoms with van der Waals surface area (Å²) >= 11 is 5.36. The fraction of sp³-hybridized carbons (Fsp3) is 0.0714. The summed E-state index contributed by atoms with van der Waals surface area (Å²) in [5.41, 5.74) is 6.15. The van der Waals surface area contributed by atoms with E-state index >= 15 is 0 Å². The average molecular weight is 272 g/mol. The van der Waals surface area contributed by atoms with Gasteiger partial charge in [-0.15, -0.1) is 0 Å². The number of aliphatic hydroxyl groups is 1. The van der Waals surface area contributed by atoms with Gasteiger partial charge in [0.15, 0.2) is 11.6 Å². The number of rotatable bonds is 0. The Labute approximate surface area is 114 Å². The van der Waals surface area contributed by atoms with Gasteiger partial charge < -0.3 is 16.2 Å². The molecule has 1 heterocycles. The molecular formula is C14H10ClN3O. The molecule has 0 fully saturated rings. The summed E-state index contributed by atoms with van der Waals surface area (Å²) < 4.78 is 0. The Hall–Kier alpha value is -2.22. The summed E-state index contributed by atoms with van der Waals surface area (Å²) in [7, 11) is 0. The zero-order valence-corrected chi connectivity index (χ0v) is 10.6. The Morgan fingerprint density at radius 3 is 2.95 bits per heavy atom. The smallest absolute Gasteiger partial charge is 0.197 e. The highest BCUT2D eigenvalue weighted by Gasteiger charge is 2.21. The fourth-order valence-electron chi connectivity index (χ4n) is 2.15. The number of guanidine groups is 1. The van der Waals surface area contributed by atoms with E-state index in [9.17, 15) is 5.11 Å². The third kappa shape index (κ3) is 1.99. The molecule has 0 radical (unpaired) electrons. The van der Waals surface area contributed by atoms with Crippen LogP contribution in [0, 0.1) is 11.3 Å². The third-order valence-corrected chi connectivity index (χ3v) is 3.13. The first kappa shape index (κ1) is 11.8. The average Bonchev–Trinajstić information content (AvgIpc) is 2.38. The molecule has 0 saturated heterocycles. The molecule has 3 rings (SSSR count). The van der Waals surface area contributed by atoms with E-state index in [-0.39, 0.29) is 0 Å². The van der Waals surface area contributed by atoms with Crippen LogP contribution < -0.4 is 21.5 Å². The van der Waals surface area contributed by atoms with Crippen LogP contribution in [0.4, 0.5) is 5.69 Å². The summed E-state index contributed by atoms with van der Waals surface area (Å²) in [4.78, 5) is 4.01. The SMILES string of the molecule is NC1=NC=c2ccc3c(c2N1)C=CC(O)(C#CCl)C=3. The van der Waals surface area contributed by atoms with Crippen molar-refractivity contribution in [3.8, 4) is 11.3 Å². The molecule has 4 nitrogen and oxygen atoms in total. The normalized spacial score (nSPS) is 22.5. The van der Waals surface area contributed by atoms with Gasteiger partial charge in [0.25, 0.3) is 0 Å².